The van der Waals surface area contributed by atoms with Gasteiger partial charge in [-0.25, -0.2) is 8.42 Å². The number of hydrogen-bond donors (Lipinski definition) is 1. The molecule has 7 heteroatoms. The van der Waals surface area contributed by atoms with Crippen LogP contribution in [-0.2, 0) is 21.2 Å². The van der Waals surface area contributed by atoms with Gasteiger partial charge in [-0.15, -0.1) is 0 Å². The topological polar surface area (TPSA) is 86.5 Å². The summed E-state index contributed by atoms with van der Waals surface area (Å²) in [5.74, 6) is -0.648. The van der Waals surface area contributed by atoms with Crippen LogP contribution in [0.15, 0.2) is 102 Å². The summed E-state index contributed by atoms with van der Waals surface area (Å²) < 4.78 is 30.4. The average molecular weight is 520 g/mol. The molecule has 0 spiro atoms. The Labute approximate surface area is 216 Å². The monoisotopic (exact) mass is 519 g/mol. The fourth-order valence-electron chi connectivity index (χ4n) is 4.03. The molecule has 1 atom stereocenters. The van der Waals surface area contributed by atoms with Crippen molar-refractivity contribution >= 4 is 27.3 Å². The fraction of sp³-hybridized carbons (Fsp3) is 0.138. The van der Waals surface area contributed by atoms with Gasteiger partial charge >= 0.3 is 0 Å². The Hall–Kier alpha value is -3.61. The van der Waals surface area contributed by atoms with Gasteiger partial charge in [0.25, 0.3) is 0 Å². The van der Waals surface area contributed by atoms with Gasteiger partial charge in [0.1, 0.15) is 12.4 Å². The number of ether oxygens (including phenoxy) is 1. The summed E-state index contributed by atoms with van der Waals surface area (Å²) >= 11 is 6.71. The lowest BCUT2D eigenvalue weighted by Crippen LogP contribution is -2.22. The van der Waals surface area contributed by atoms with Crippen molar-refractivity contribution in [2.45, 2.75) is 24.3 Å². The number of hydrogen-bond acceptors (Lipinski definition) is 4. The van der Waals surface area contributed by atoms with E-state index in [2.05, 4.69) is 0 Å². The standard InChI is InChI=1S/C29H26ClNO4S/c1-2-36(33,34)23-15-12-21(13-16-23)28(29(31)32)22-14-17-24(26(30)18-22)25-10-6-7-11-27(25)35-19-20-8-4-3-5-9-20/h3-18,28H,2,19H2,1H3,(H2,31,32)/t28-/m1/s1. The minimum absolute atomic E-state index is 0.000792. The third kappa shape index (κ3) is 5.61. The highest BCUT2D eigenvalue weighted by molar-refractivity contribution is 7.91. The first kappa shape index (κ1) is 25.5. The van der Waals surface area contributed by atoms with Crippen LogP contribution in [0.5, 0.6) is 5.75 Å². The number of benzene rings is 4. The molecule has 0 unspecified atom stereocenters. The lowest BCUT2D eigenvalue weighted by atomic mass is 9.89. The maximum Gasteiger partial charge on any atom is 0.229 e. The quantitative estimate of drug-likeness (QED) is 0.294. The molecule has 0 bridgehead atoms. The second-order valence-corrected chi connectivity index (χ2v) is 11.0. The highest BCUT2D eigenvalue weighted by Gasteiger charge is 2.23. The van der Waals surface area contributed by atoms with Crippen molar-refractivity contribution in [2.75, 3.05) is 5.75 Å². The molecule has 0 heterocycles. The van der Waals surface area contributed by atoms with Crippen LogP contribution in [0, 0.1) is 0 Å². The van der Waals surface area contributed by atoms with E-state index in [4.69, 9.17) is 22.1 Å². The van der Waals surface area contributed by atoms with E-state index in [-0.39, 0.29) is 10.6 Å². The Morgan fingerprint density at radius 1 is 0.861 bits per heavy atom. The van der Waals surface area contributed by atoms with E-state index in [1.807, 2.05) is 60.7 Å². The number of rotatable bonds is 9. The fourth-order valence-corrected chi connectivity index (χ4v) is 5.21. The first-order valence-corrected chi connectivity index (χ1v) is 13.5. The van der Waals surface area contributed by atoms with Crippen molar-refractivity contribution in [3.63, 3.8) is 0 Å². The van der Waals surface area contributed by atoms with Crippen LogP contribution in [-0.4, -0.2) is 20.1 Å². The molecule has 0 fully saturated rings. The lowest BCUT2D eigenvalue weighted by Gasteiger charge is -2.17. The second kappa shape index (κ2) is 11.0. The van der Waals surface area contributed by atoms with Crippen molar-refractivity contribution < 1.29 is 17.9 Å². The van der Waals surface area contributed by atoms with E-state index in [0.717, 1.165) is 16.7 Å². The minimum atomic E-state index is -3.34. The van der Waals surface area contributed by atoms with Crippen molar-refractivity contribution in [2.24, 2.45) is 5.73 Å². The lowest BCUT2D eigenvalue weighted by molar-refractivity contribution is -0.118. The third-order valence-electron chi connectivity index (χ3n) is 5.98. The summed E-state index contributed by atoms with van der Waals surface area (Å²) in [6.45, 7) is 2.00. The molecular weight excluding hydrogens is 494 g/mol. The summed E-state index contributed by atoms with van der Waals surface area (Å²) in [4.78, 5) is 12.6. The predicted molar refractivity (Wildman–Crippen MR) is 143 cm³/mol. The smallest absolute Gasteiger partial charge is 0.229 e. The third-order valence-corrected chi connectivity index (χ3v) is 8.04. The number of nitrogens with two attached hydrogens (primary N) is 1. The van der Waals surface area contributed by atoms with Gasteiger partial charge in [0.05, 0.1) is 16.6 Å². The van der Waals surface area contributed by atoms with E-state index in [9.17, 15) is 13.2 Å². The van der Waals surface area contributed by atoms with Crippen LogP contribution in [0.1, 0.15) is 29.5 Å². The molecule has 0 aliphatic carbocycles. The van der Waals surface area contributed by atoms with E-state index in [0.29, 0.717) is 28.5 Å². The maximum absolute atomic E-state index is 12.4. The highest BCUT2D eigenvalue weighted by atomic mass is 35.5. The SMILES string of the molecule is CCS(=O)(=O)c1ccc([C@@H](C(N)=O)c2ccc(-c3ccccc3OCc3ccccc3)c(Cl)c2)cc1. The zero-order valence-electron chi connectivity index (χ0n) is 19.7. The Balaban J connectivity index is 1.64. The molecule has 36 heavy (non-hydrogen) atoms. The largest absolute Gasteiger partial charge is 0.488 e. The van der Waals surface area contributed by atoms with Gasteiger partial charge in [-0.05, 0) is 41.0 Å². The number of carbonyl (C=O) groups excluding carboxylic acids is 1. The Morgan fingerprint density at radius 3 is 2.14 bits per heavy atom. The van der Waals surface area contributed by atoms with E-state index in [1.54, 1.807) is 31.2 Å². The molecule has 0 saturated heterocycles. The molecule has 184 valence electrons. The first-order chi connectivity index (χ1) is 17.3. The Kier molecular flexibility index (Phi) is 7.77. The van der Waals surface area contributed by atoms with Crippen molar-refractivity contribution in [3.8, 4) is 16.9 Å². The molecule has 4 aromatic rings. The molecule has 2 N–H and O–H groups in total. The Morgan fingerprint density at radius 2 is 1.50 bits per heavy atom. The first-order valence-electron chi connectivity index (χ1n) is 11.5. The van der Waals surface area contributed by atoms with Crippen molar-refractivity contribution in [3.05, 3.63) is 119 Å². The van der Waals surface area contributed by atoms with Gasteiger partial charge in [0, 0.05) is 16.1 Å². The van der Waals surface area contributed by atoms with E-state index < -0.39 is 21.7 Å². The van der Waals surface area contributed by atoms with E-state index in [1.165, 1.54) is 12.1 Å². The summed E-state index contributed by atoms with van der Waals surface area (Å²) in [6, 6.07) is 29.1. The van der Waals surface area contributed by atoms with Gasteiger partial charge in [-0.3, -0.25) is 4.79 Å². The van der Waals surface area contributed by atoms with Crippen molar-refractivity contribution in [1.82, 2.24) is 0 Å². The van der Waals surface area contributed by atoms with Crippen LogP contribution >= 0.6 is 11.6 Å². The molecule has 0 radical (unpaired) electrons. The number of sulfone groups is 1. The van der Waals surface area contributed by atoms with Crippen molar-refractivity contribution in [1.29, 1.82) is 0 Å². The number of carbonyl (C=O) groups is 1. The number of primary amides is 1. The van der Waals surface area contributed by atoms with Crippen LogP contribution in [0.2, 0.25) is 5.02 Å². The molecule has 0 aliphatic rings. The highest BCUT2D eigenvalue weighted by Crippen LogP contribution is 2.38. The normalized spacial score (nSPS) is 12.2. The molecular formula is C29H26ClNO4S. The zero-order chi connectivity index (χ0) is 25.7. The summed E-state index contributed by atoms with van der Waals surface area (Å²) in [5, 5.41) is 0.444. The van der Waals surface area contributed by atoms with Gasteiger partial charge in [0.15, 0.2) is 9.84 Å². The summed E-state index contributed by atoms with van der Waals surface area (Å²) in [6.07, 6.45) is 0. The number of amides is 1. The predicted octanol–water partition coefficient (Wildman–Crippen LogP) is 6.00. The van der Waals surface area contributed by atoms with E-state index >= 15 is 0 Å². The van der Waals surface area contributed by atoms with Gasteiger partial charge in [-0.1, -0.05) is 91.3 Å². The molecule has 1 amide bonds. The van der Waals surface area contributed by atoms with Gasteiger partial charge < -0.3 is 10.5 Å². The molecule has 4 rings (SSSR count). The zero-order valence-corrected chi connectivity index (χ0v) is 21.3. The molecule has 0 saturated carbocycles. The molecule has 0 aliphatic heterocycles. The molecule has 0 aromatic heterocycles. The molecule has 4 aromatic carbocycles. The number of para-hydroxylation sites is 1. The summed E-state index contributed by atoms with van der Waals surface area (Å²) in [7, 11) is -3.34. The van der Waals surface area contributed by atoms with Crippen LogP contribution in [0.4, 0.5) is 0 Å². The minimum Gasteiger partial charge on any atom is -0.488 e. The summed E-state index contributed by atoms with van der Waals surface area (Å²) in [5.41, 5.74) is 9.60. The Bertz CT molecular complexity index is 1470. The van der Waals surface area contributed by atoms with Gasteiger partial charge in [-0.2, -0.15) is 0 Å². The van der Waals surface area contributed by atoms with Gasteiger partial charge in [0.2, 0.25) is 5.91 Å². The van der Waals surface area contributed by atoms with Crippen LogP contribution in [0.25, 0.3) is 11.1 Å². The average Bonchev–Trinajstić information content (AvgIpc) is 2.89. The van der Waals surface area contributed by atoms with Crippen LogP contribution < -0.4 is 10.5 Å². The maximum atomic E-state index is 12.4. The van der Waals surface area contributed by atoms with Crippen LogP contribution in [0.3, 0.4) is 0 Å². The second-order valence-electron chi connectivity index (χ2n) is 8.32. The number of halogens is 1. The molecule has 5 nitrogen and oxygen atoms in total.